The van der Waals surface area contributed by atoms with Crippen LogP contribution in [0, 0.1) is 0 Å². The van der Waals surface area contributed by atoms with Crippen molar-refractivity contribution in [3.05, 3.63) is 6.20 Å². The van der Waals surface area contributed by atoms with Gasteiger partial charge in [-0.1, -0.05) is 0 Å². The van der Waals surface area contributed by atoms with E-state index in [1.165, 1.54) is 17.5 Å². The molecule has 0 fully saturated rings. The number of aromatic amines is 1. The summed E-state index contributed by atoms with van der Waals surface area (Å²) in [5.74, 6) is 0.183. The Kier molecular flexibility index (Phi) is 3.20. The number of aromatic nitrogens is 2. The molecule has 7 nitrogen and oxygen atoms in total. The molecule has 1 aromatic rings. The molecule has 15 heavy (non-hydrogen) atoms. The molecule has 0 saturated carbocycles. The van der Waals surface area contributed by atoms with E-state index >= 15 is 0 Å². The molecule has 0 amide bonds. The van der Waals surface area contributed by atoms with E-state index in [1.54, 1.807) is 13.8 Å². The molecule has 0 aliphatic heterocycles. The smallest absolute Gasteiger partial charge is 0.302 e. The number of hydrogen-bond donors (Lipinski definition) is 3. The highest BCUT2D eigenvalue weighted by molar-refractivity contribution is 7.90. The molecule has 0 saturated heterocycles. The summed E-state index contributed by atoms with van der Waals surface area (Å²) in [4.78, 5) is 0. The zero-order chi connectivity index (χ0) is 11.6. The number of nitrogens with one attached hydrogen (secondary N) is 2. The Hall–Kier alpha value is -1.28. The summed E-state index contributed by atoms with van der Waals surface area (Å²) in [7, 11) is -2.09. The lowest BCUT2D eigenvalue weighted by Gasteiger charge is -2.21. The van der Waals surface area contributed by atoms with Crippen LogP contribution in [0.5, 0.6) is 0 Å². The largest absolute Gasteiger partial charge is 0.394 e. The van der Waals surface area contributed by atoms with E-state index in [2.05, 4.69) is 14.9 Å². The highest BCUT2D eigenvalue weighted by Crippen LogP contribution is 2.15. The van der Waals surface area contributed by atoms with Crippen molar-refractivity contribution in [2.45, 2.75) is 19.9 Å². The van der Waals surface area contributed by atoms with Crippen molar-refractivity contribution in [2.75, 3.05) is 17.5 Å². The standard InChI is InChI=1S/C7H15N5O2S/c1-5(2)12(3)15(13,14)11-7-6(8)4-9-10-7/h4-5H,8H2,1-3H3,(H2,9,10,11). The summed E-state index contributed by atoms with van der Waals surface area (Å²) in [5.41, 5.74) is 5.74. The Morgan fingerprint density at radius 3 is 2.60 bits per heavy atom. The third-order valence-corrected chi connectivity index (χ3v) is 3.65. The van der Waals surface area contributed by atoms with Gasteiger partial charge >= 0.3 is 10.2 Å². The van der Waals surface area contributed by atoms with Gasteiger partial charge in [-0.2, -0.15) is 17.8 Å². The zero-order valence-electron chi connectivity index (χ0n) is 8.85. The van der Waals surface area contributed by atoms with Crippen molar-refractivity contribution in [3.8, 4) is 0 Å². The maximum Gasteiger partial charge on any atom is 0.302 e. The molecule has 1 heterocycles. The van der Waals surface area contributed by atoms with E-state index in [4.69, 9.17) is 5.73 Å². The van der Waals surface area contributed by atoms with Crippen molar-refractivity contribution >= 4 is 21.7 Å². The van der Waals surface area contributed by atoms with Gasteiger partial charge in [-0.15, -0.1) is 0 Å². The van der Waals surface area contributed by atoms with Crippen LogP contribution in [-0.2, 0) is 10.2 Å². The number of nitrogen functional groups attached to an aromatic ring is 1. The first-order valence-corrected chi connectivity index (χ1v) is 5.83. The molecule has 0 aliphatic rings. The third kappa shape index (κ3) is 2.60. The van der Waals surface area contributed by atoms with Crippen molar-refractivity contribution in [3.63, 3.8) is 0 Å². The molecule has 1 aromatic heterocycles. The highest BCUT2D eigenvalue weighted by Gasteiger charge is 2.21. The molecule has 86 valence electrons. The summed E-state index contributed by atoms with van der Waals surface area (Å²) in [6.07, 6.45) is 1.34. The predicted octanol–water partition coefficient (Wildman–Crippen LogP) is -0.0112. The topological polar surface area (TPSA) is 104 Å². The average molecular weight is 233 g/mol. The fourth-order valence-corrected chi connectivity index (χ4v) is 1.98. The van der Waals surface area contributed by atoms with Gasteiger partial charge in [0, 0.05) is 13.1 Å². The third-order valence-electron chi connectivity index (χ3n) is 2.01. The number of nitrogens with zero attached hydrogens (tertiary/aromatic N) is 2. The van der Waals surface area contributed by atoms with Crippen LogP contribution in [0.3, 0.4) is 0 Å². The van der Waals surface area contributed by atoms with Crippen molar-refractivity contribution < 1.29 is 8.42 Å². The van der Waals surface area contributed by atoms with Crippen LogP contribution in [0.15, 0.2) is 6.20 Å². The lowest BCUT2D eigenvalue weighted by Crippen LogP contribution is -2.37. The molecule has 0 aromatic carbocycles. The van der Waals surface area contributed by atoms with Crippen LogP contribution < -0.4 is 10.5 Å². The van der Waals surface area contributed by atoms with Crippen LogP contribution in [0.1, 0.15) is 13.8 Å². The first-order valence-electron chi connectivity index (χ1n) is 4.39. The van der Waals surface area contributed by atoms with Crippen molar-refractivity contribution in [1.82, 2.24) is 14.5 Å². The molecule has 0 atom stereocenters. The Balaban J connectivity index is 2.87. The van der Waals surface area contributed by atoms with Crippen LogP contribution >= 0.6 is 0 Å². The number of hydrogen-bond acceptors (Lipinski definition) is 4. The number of H-pyrrole nitrogens is 1. The minimum Gasteiger partial charge on any atom is -0.394 e. The summed E-state index contributed by atoms with van der Waals surface area (Å²) >= 11 is 0. The normalized spacial score (nSPS) is 12.3. The van der Waals surface area contributed by atoms with Gasteiger partial charge in [0.05, 0.1) is 11.9 Å². The highest BCUT2D eigenvalue weighted by atomic mass is 32.2. The van der Waals surface area contributed by atoms with E-state index in [-0.39, 0.29) is 17.5 Å². The molecular formula is C7H15N5O2S. The van der Waals surface area contributed by atoms with Gasteiger partial charge in [-0.25, -0.2) is 0 Å². The second-order valence-electron chi connectivity index (χ2n) is 3.42. The SMILES string of the molecule is CC(C)N(C)S(=O)(=O)Nc1[nH]ncc1N. The van der Waals surface area contributed by atoms with E-state index in [0.29, 0.717) is 0 Å². The second-order valence-corrected chi connectivity index (χ2v) is 5.15. The molecular weight excluding hydrogens is 218 g/mol. The number of nitrogens with two attached hydrogens (primary N) is 1. The maximum atomic E-state index is 11.7. The first kappa shape index (κ1) is 11.8. The van der Waals surface area contributed by atoms with E-state index in [1.807, 2.05) is 0 Å². The molecule has 0 radical (unpaired) electrons. The lowest BCUT2D eigenvalue weighted by molar-refractivity contribution is 0.414. The molecule has 0 unspecified atom stereocenters. The van der Waals surface area contributed by atoms with Gasteiger partial charge in [0.25, 0.3) is 0 Å². The minimum atomic E-state index is -3.57. The second kappa shape index (κ2) is 4.07. The van der Waals surface area contributed by atoms with Gasteiger partial charge in [-0.05, 0) is 13.8 Å². The van der Waals surface area contributed by atoms with Crippen molar-refractivity contribution in [1.29, 1.82) is 0 Å². The Bertz CT molecular complexity index is 424. The molecule has 1 rings (SSSR count). The van der Waals surface area contributed by atoms with E-state index in [0.717, 1.165) is 0 Å². The Morgan fingerprint density at radius 2 is 2.20 bits per heavy atom. The molecule has 8 heteroatoms. The molecule has 0 spiro atoms. The van der Waals surface area contributed by atoms with Crippen LogP contribution in [-0.4, -0.2) is 36.0 Å². The predicted molar refractivity (Wildman–Crippen MR) is 58.4 cm³/mol. The average Bonchev–Trinajstić information content (AvgIpc) is 2.50. The summed E-state index contributed by atoms with van der Waals surface area (Å²) in [6, 6.07) is -0.133. The van der Waals surface area contributed by atoms with Crippen LogP contribution in [0.2, 0.25) is 0 Å². The van der Waals surface area contributed by atoms with Gasteiger partial charge < -0.3 is 5.73 Å². The van der Waals surface area contributed by atoms with E-state index < -0.39 is 10.2 Å². The fourth-order valence-electron chi connectivity index (χ4n) is 0.856. The van der Waals surface area contributed by atoms with Gasteiger partial charge in [0.1, 0.15) is 0 Å². The van der Waals surface area contributed by atoms with Gasteiger partial charge in [-0.3, -0.25) is 9.82 Å². The number of anilines is 2. The summed E-state index contributed by atoms with van der Waals surface area (Å²) in [6.45, 7) is 3.55. The minimum absolute atomic E-state index is 0.133. The molecule has 0 bridgehead atoms. The van der Waals surface area contributed by atoms with Crippen LogP contribution in [0.4, 0.5) is 11.5 Å². The summed E-state index contributed by atoms with van der Waals surface area (Å²) in [5, 5.41) is 6.08. The van der Waals surface area contributed by atoms with Gasteiger partial charge in [0.2, 0.25) is 0 Å². The van der Waals surface area contributed by atoms with Crippen LogP contribution in [0.25, 0.3) is 0 Å². The van der Waals surface area contributed by atoms with Crippen molar-refractivity contribution in [2.24, 2.45) is 0 Å². The first-order chi connectivity index (χ1) is 6.84. The van der Waals surface area contributed by atoms with Gasteiger partial charge in [0.15, 0.2) is 5.82 Å². The lowest BCUT2D eigenvalue weighted by atomic mass is 10.4. The zero-order valence-corrected chi connectivity index (χ0v) is 9.67. The quantitative estimate of drug-likeness (QED) is 0.680. The monoisotopic (exact) mass is 233 g/mol. The molecule has 4 N–H and O–H groups in total. The van der Waals surface area contributed by atoms with E-state index in [9.17, 15) is 8.42 Å². The Morgan fingerprint density at radius 1 is 1.60 bits per heavy atom. The fraction of sp³-hybridized carbons (Fsp3) is 0.571. The maximum absolute atomic E-state index is 11.7. The summed E-state index contributed by atoms with van der Waals surface area (Å²) < 4.78 is 26.9. The number of rotatable bonds is 4. The Labute approximate surface area is 88.8 Å². The molecule has 0 aliphatic carbocycles.